The van der Waals surface area contributed by atoms with Crippen molar-refractivity contribution in [3.63, 3.8) is 0 Å². The Morgan fingerprint density at radius 1 is 1.41 bits per heavy atom. The van der Waals surface area contributed by atoms with Gasteiger partial charge < -0.3 is 5.32 Å². The molecule has 0 atom stereocenters. The van der Waals surface area contributed by atoms with Crippen LogP contribution in [0.2, 0.25) is 0 Å². The Morgan fingerprint density at radius 3 is 2.71 bits per heavy atom. The highest BCUT2D eigenvalue weighted by Gasteiger charge is 2.34. The third-order valence-corrected chi connectivity index (χ3v) is 4.73. The first-order valence-corrected chi connectivity index (χ1v) is 7.09. The van der Waals surface area contributed by atoms with Gasteiger partial charge in [0.05, 0.1) is 0 Å². The van der Waals surface area contributed by atoms with Crippen LogP contribution in [0.15, 0.2) is 22.7 Å². The highest BCUT2D eigenvalue weighted by Crippen LogP contribution is 2.43. The molecule has 1 N–H and O–H groups in total. The van der Waals surface area contributed by atoms with Gasteiger partial charge in [-0.05, 0) is 42.4 Å². The van der Waals surface area contributed by atoms with Gasteiger partial charge in [0.2, 0.25) is 0 Å². The Morgan fingerprint density at radius 2 is 2.18 bits per heavy atom. The molecule has 3 heteroatoms. The van der Waals surface area contributed by atoms with Gasteiger partial charge in [0, 0.05) is 17.6 Å². The van der Waals surface area contributed by atoms with Crippen LogP contribution < -0.4 is 5.32 Å². The minimum Gasteiger partial charge on any atom is -0.312 e. The fraction of sp³-hybridized carbons (Fsp3) is 0.571. The van der Waals surface area contributed by atoms with E-state index in [2.05, 4.69) is 28.2 Å². The molecule has 1 aromatic rings. The molecule has 0 unspecified atom stereocenters. The molecule has 0 heterocycles. The predicted octanol–water partition coefficient (Wildman–Crippen LogP) is 4.26. The minimum atomic E-state index is -0.190. The SMILES string of the molecule is CCC1(CNCc2ccc(F)cc2Br)CCC1. The van der Waals surface area contributed by atoms with Gasteiger partial charge >= 0.3 is 0 Å². The summed E-state index contributed by atoms with van der Waals surface area (Å²) in [6, 6.07) is 4.88. The van der Waals surface area contributed by atoms with E-state index in [9.17, 15) is 4.39 Å². The van der Waals surface area contributed by atoms with E-state index < -0.39 is 0 Å². The van der Waals surface area contributed by atoms with E-state index in [0.29, 0.717) is 5.41 Å². The van der Waals surface area contributed by atoms with Gasteiger partial charge in [0.1, 0.15) is 5.82 Å². The van der Waals surface area contributed by atoms with Gasteiger partial charge in [0.25, 0.3) is 0 Å². The third kappa shape index (κ3) is 3.08. The zero-order valence-electron chi connectivity index (χ0n) is 10.2. The molecular weight excluding hydrogens is 281 g/mol. The average Bonchev–Trinajstić information content (AvgIpc) is 2.25. The van der Waals surface area contributed by atoms with Gasteiger partial charge in [0.15, 0.2) is 0 Å². The van der Waals surface area contributed by atoms with Crippen molar-refractivity contribution in [2.24, 2.45) is 5.41 Å². The zero-order chi connectivity index (χ0) is 12.3. The summed E-state index contributed by atoms with van der Waals surface area (Å²) in [5.74, 6) is -0.190. The quantitative estimate of drug-likeness (QED) is 0.857. The molecule has 0 radical (unpaired) electrons. The Hall–Kier alpha value is -0.410. The molecule has 0 spiro atoms. The highest BCUT2D eigenvalue weighted by molar-refractivity contribution is 9.10. The zero-order valence-corrected chi connectivity index (χ0v) is 11.8. The topological polar surface area (TPSA) is 12.0 Å². The van der Waals surface area contributed by atoms with Crippen molar-refractivity contribution in [3.05, 3.63) is 34.1 Å². The Balaban J connectivity index is 1.85. The van der Waals surface area contributed by atoms with Crippen LogP contribution in [-0.2, 0) is 6.54 Å². The van der Waals surface area contributed by atoms with E-state index in [1.807, 2.05) is 6.07 Å². The number of benzene rings is 1. The lowest BCUT2D eigenvalue weighted by Crippen LogP contribution is -2.39. The van der Waals surface area contributed by atoms with Crippen LogP contribution in [0.1, 0.15) is 38.2 Å². The Bertz CT molecular complexity index is 382. The van der Waals surface area contributed by atoms with E-state index in [4.69, 9.17) is 0 Å². The van der Waals surface area contributed by atoms with Crippen LogP contribution >= 0.6 is 15.9 Å². The molecule has 1 fully saturated rings. The lowest BCUT2D eigenvalue weighted by Gasteiger charge is -2.41. The van der Waals surface area contributed by atoms with Crippen LogP contribution in [0.3, 0.4) is 0 Å². The van der Waals surface area contributed by atoms with Crippen LogP contribution in [-0.4, -0.2) is 6.54 Å². The average molecular weight is 300 g/mol. The Kier molecular flexibility index (Phi) is 4.21. The smallest absolute Gasteiger partial charge is 0.124 e. The molecule has 1 aromatic carbocycles. The van der Waals surface area contributed by atoms with Gasteiger partial charge in [-0.1, -0.05) is 35.3 Å². The predicted molar refractivity (Wildman–Crippen MR) is 72.4 cm³/mol. The van der Waals surface area contributed by atoms with Crippen molar-refractivity contribution in [3.8, 4) is 0 Å². The summed E-state index contributed by atoms with van der Waals surface area (Å²) in [5.41, 5.74) is 1.66. The van der Waals surface area contributed by atoms with Crippen molar-refractivity contribution >= 4 is 15.9 Å². The first kappa shape index (κ1) is 13.0. The summed E-state index contributed by atoms with van der Waals surface area (Å²) in [6.45, 7) is 4.16. The molecule has 0 saturated heterocycles. The second-order valence-electron chi connectivity index (χ2n) is 5.05. The number of hydrogen-bond donors (Lipinski definition) is 1. The Labute approximate surface area is 111 Å². The second kappa shape index (κ2) is 5.49. The summed E-state index contributed by atoms with van der Waals surface area (Å²) in [7, 11) is 0. The molecule has 1 aliphatic rings. The molecular formula is C14H19BrFN. The van der Waals surface area contributed by atoms with E-state index in [-0.39, 0.29) is 5.82 Å². The van der Waals surface area contributed by atoms with E-state index in [1.165, 1.54) is 37.8 Å². The summed E-state index contributed by atoms with van der Waals surface area (Å²) in [5, 5.41) is 3.50. The van der Waals surface area contributed by atoms with Crippen molar-refractivity contribution in [2.75, 3.05) is 6.54 Å². The third-order valence-electron chi connectivity index (χ3n) is 3.99. The maximum atomic E-state index is 12.9. The second-order valence-corrected chi connectivity index (χ2v) is 5.90. The van der Waals surface area contributed by atoms with E-state index in [1.54, 1.807) is 0 Å². The minimum absolute atomic E-state index is 0.190. The molecule has 0 bridgehead atoms. The summed E-state index contributed by atoms with van der Waals surface area (Å²) in [4.78, 5) is 0. The molecule has 1 aliphatic carbocycles. The van der Waals surface area contributed by atoms with Crippen LogP contribution in [0.25, 0.3) is 0 Å². The first-order valence-electron chi connectivity index (χ1n) is 6.30. The maximum Gasteiger partial charge on any atom is 0.124 e. The fourth-order valence-corrected chi connectivity index (χ4v) is 2.95. The summed E-state index contributed by atoms with van der Waals surface area (Å²) < 4.78 is 13.8. The normalized spacial score (nSPS) is 17.8. The van der Waals surface area contributed by atoms with Gasteiger partial charge in [-0.25, -0.2) is 4.39 Å². The lowest BCUT2D eigenvalue weighted by molar-refractivity contribution is 0.124. The van der Waals surface area contributed by atoms with Crippen molar-refractivity contribution in [2.45, 2.75) is 39.2 Å². The first-order chi connectivity index (χ1) is 8.15. The number of hydrogen-bond acceptors (Lipinski definition) is 1. The van der Waals surface area contributed by atoms with Gasteiger partial charge in [-0.15, -0.1) is 0 Å². The summed E-state index contributed by atoms with van der Waals surface area (Å²) in [6.07, 6.45) is 5.32. The van der Waals surface area contributed by atoms with Crippen molar-refractivity contribution in [1.82, 2.24) is 5.32 Å². The van der Waals surface area contributed by atoms with Crippen LogP contribution in [0, 0.1) is 11.2 Å². The monoisotopic (exact) mass is 299 g/mol. The lowest BCUT2D eigenvalue weighted by atomic mass is 9.67. The molecule has 17 heavy (non-hydrogen) atoms. The van der Waals surface area contributed by atoms with Crippen molar-refractivity contribution < 1.29 is 4.39 Å². The highest BCUT2D eigenvalue weighted by atomic mass is 79.9. The number of nitrogens with one attached hydrogen (secondary N) is 1. The largest absolute Gasteiger partial charge is 0.312 e. The molecule has 1 saturated carbocycles. The standard InChI is InChI=1S/C14H19BrFN/c1-2-14(6-3-7-14)10-17-9-11-4-5-12(16)8-13(11)15/h4-5,8,17H,2-3,6-7,9-10H2,1H3. The molecule has 0 amide bonds. The summed E-state index contributed by atoms with van der Waals surface area (Å²) >= 11 is 3.40. The molecule has 1 nitrogen and oxygen atoms in total. The maximum absolute atomic E-state index is 12.9. The van der Waals surface area contributed by atoms with Crippen LogP contribution in [0.4, 0.5) is 4.39 Å². The van der Waals surface area contributed by atoms with E-state index in [0.717, 1.165) is 23.1 Å². The van der Waals surface area contributed by atoms with Gasteiger partial charge in [-0.2, -0.15) is 0 Å². The molecule has 0 aliphatic heterocycles. The van der Waals surface area contributed by atoms with Crippen molar-refractivity contribution in [1.29, 1.82) is 0 Å². The van der Waals surface area contributed by atoms with Gasteiger partial charge in [-0.3, -0.25) is 0 Å². The molecule has 0 aromatic heterocycles. The molecule has 2 rings (SSSR count). The van der Waals surface area contributed by atoms with E-state index >= 15 is 0 Å². The number of halogens is 2. The fourth-order valence-electron chi connectivity index (χ4n) is 2.46. The van der Waals surface area contributed by atoms with Crippen LogP contribution in [0.5, 0.6) is 0 Å². The number of rotatable bonds is 5. The molecule has 94 valence electrons.